The molecule has 2 heteroatoms. The Morgan fingerprint density at radius 2 is 2.45 bits per heavy atom. The van der Waals surface area contributed by atoms with E-state index in [2.05, 4.69) is 27.5 Å². The summed E-state index contributed by atoms with van der Waals surface area (Å²) in [6.07, 6.45) is 1.80. The standard InChI is InChI=1S/C9H10BrN/c1-7(6-10)9-3-4-11-8(2)5-9/h3-5H,1,6H2,2H3. The molecule has 0 radical (unpaired) electrons. The second-order valence-corrected chi connectivity index (χ2v) is 2.98. The first-order valence-corrected chi connectivity index (χ1v) is 4.53. The third kappa shape index (κ3) is 2.15. The van der Waals surface area contributed by atoms with Gasteiger partial charge in [0.15, 0.2) is 0 Å². The highest BCUT2D eigenvalue weighted by molar-refractivity contribution is 9.09. The normalized spacial score (nSPS) is 9.64. The molecule has 0 aromatic carbocycles. The largest absolute Gasteiger partial charge is 0.262 e. The lowest BCUT2D eigenvalue weighted by Gasteiger charge is -2.01. The lowest BCUT2D eigenvalue weighted by molar-refractivity contribution is 1.19. The van der Waals surface area contributed by atoms with Crippen LogP contribution in [0.1, 0.15) is 11.3 Å². The molecule has 0 aliphatic heterocycles. The number of pyridine rings is 1. The number of aromatic nitrogens is 1. The quantitative estimate of drug-likeness (QED) is 0.687. The molecule has 1 aromatic heterocycles. The van der Waals surface area contributed by atoms with E-state index in [4.69, 9.17) is 0 Å². The van der Waals surface area contributed by atoms with Gasteiger partial charge in [-0.2, -0.15) is 0 Å². The zero-order valence-corrected chi connectivity index (χ0v) is 8.06. The Morgan fingerprint density at radius 3 is 3.00 bits per heavy atom. The topological polar surface area (TPSA) is 12.9 Å². The maximum absolute atomic E-state index is 4.10. The lowest BCUT2D eigenvalue weighted by Crippen LogP contribution is -1.86. The Labute approximate surface area is 75.3 Å². The van der Waals surface area contributed by atoms with Gasteiger partial charge in [-0.1, -0.05) is 22.5 Å². The second-order valence-electron chi connectivity index (χ2n) is 2.42. The van der Waals surface area contributed by atoms with Gasteiger partial charge in [-0.15, -0.1) is 0 Å². The summed E-state index contributed by atoms with van der Waals surface area (Å²) in [7, 11) is 0. The fourth-order valence-corrected chi connectivity index (χ4v) is 1.17. The zero-order chi connectivity index (χ0) is 8.27. The molecule has 0 saturated carbocycles. The van der Waals surface area contributed by atoms with Crippen molar-refractivity contribution in [2.24, 2.45) is 0 Å². The number of halogens is 1. The highest BCUT2D eigenvalue weighted by atomic mass is 79.9. The first-order valence-electron chi connectivity index (χ1n) is 3.41. The van der Waals surface area contributed by atoms with Crippen LogP contribution in [-0.4, -0.2) is 10.3 Å². The van der Waals surface area contributed by atoms with Crippen LogP contribution < -0.4 is 0 Å². The van der Waals surface area contributed by atoms with Gasteiger partial charge in [-0.3, -0.25) is 4.98 Å². The van der Waals surface area contributed by atoms with Crippen LogP contribution in [0.15, 0.2) is 24.9 Å². The van der Waals surface area contributed by atoms with Gasteiger partial charge >= 0.3 is 0 Å². The van der Waals surface area contributed by atoms with Crippen LogP contribution in [-0.2, 0) is 0 Å². The van der Waals surface area contributed by atoms with Crippen molar-refractivity contribution in [2.75, 3.05) is 5.33 Å². The van der Waals surface area contributed by atoms with E-state index >= 15 is 0 Å². The van der Waals surface area contributed by atoms with Crippen molar-refractivity contribution < 1.29 is 0 Å². The van der Waals surface area contributed by atoms with Crippen molar-refractivity contribution in [1.29, 1.82) is 0 Å². The van der Waals surface area contributed by atoms with Crippen LogP contribution in [0.5, 0.6) is 0 Å². The molecule has 0 fully saturated rings. The molecule has 0 aliphatic carbocycles. The minimum atomic E-state index is 0.816. The molecule has 0 spiro atoms. The first kappa shape index (κ1) is 8.47. The van der Waals surface area contributed by atoms with Gasteiger partial charge in [0.25, 0.3) is 0 Å². The molecule has 58 valence electrons. The van der Waals surface area contributed by atoms with Crippen LogP contribution >= 0.6 is 15.9 Å². The first-order chi connectivity index (χ1) is 5.24. The molecule has 1 nitrogen and oxygen atoms in total. The van der Waals surface area contributed by atoms with E-state index in [-0.39, 0.29) is 0 Å². The second kappa shape index (κ2) is 3.67. The van der Waals surface area contributed by atoms with E-state index < -0.39 is 0 Å². The summed E-state index contributed by atoms with van der Waals surface area (Å²) in [4.78, 5) is 4.10. The lowest BCUT2D eigenvalue weighted by atomic mass is 10.1. The highest BCUT2D eigenvalue weighted by Gasteiger charge is 1.96. The molecular weight excluding hydrogens is 202 g/mol. The fraction of sp³-hybridized carbons (Fsp3) is 0.222. The molecule has 0 N–H and O–H groups in total. The molecule has 0 saturated heterocycles. The molecule has 1 heterocycles. The summed E-state index contributed by atoms with van der Waals surface area (Å²) >= 11 is 3.36. The van der Waals surface area contributed by atoms with Gasteiger partial charge in [0, 0.05) is 17.2 Å². The summed E-state index contributed by atoms with van der Waals surface area (Å²) in [5, 5.41) is 0.816. The number of alkyl halides is 1. The SMILES string of the molecule is C=C(CBr)c1ccnc(C)c1. The number of nitrogens with zero attached hydrogens (tertiary/aromatic N) is 1. The molecule has 0 unspecified atom stereocenters. The number of allylic oxidation sites excluding steroid dienone is 1. The zero-order valence-electron chi connectivity index (χ0n) is 6.47. The maximum atomic E-state index is 4.10. The van der Waals surface area contributed by atoms with Gasteiger partial charge in [0.1, 0.15) is 0 Å². The van der Waals surface area contributed by atoms with Crippen molar-refractivity contribution in [1.82, 2.24) is 4.98 Å². The van der Waals surface area contributed by atoms with E-state index in [1.807, 2.05) is 19.1 Å². The predicted octanol–water partition coefficient (Wildman–Crippen LogP) is 2.80. The fourth-order valence-electron chi connectivity index (χ4n) is 0.843. The van der Waals surface area contributed by atoms with E-state index in [0.29, 0.717) is 0 Å². The Hall–Kier alpha value is -0.630. The van der Waals surface area contributed by atoms with Gasteiger partial charge in [0.2, 0.25) is 0 Å². The van der Waals surface area contributed by atoms with Crippen LogP contribution in [0.2, 0.25) is 0 Å². The van der Waals surface area contributed by atoms with Gasteiger partial charge in [-0.05, 0) is 30.2 Å². The molecule has 0 bridgehead atoms. The Kier molecular flexibility index (Phi) is 2.83. The van der Waals surface area contributed by atoms with E-state index in [1.165, 1.54) is 0 Å². The van der Waals surface area contributed by atoms with Gasteiger partial charge in [0.05, 0.1) is 0 Å². The Morgan fingerprint density at radius 1 is 1.73 bits per heavy atom. The van der Waals surface area contributed by atoms with Crippen LogP contribution in [0.4, 0.5) is 0 Å². The van der Waals surface area contributed by atoms with Crippen LogP contribution in [0.25, 0.3) is 5.57 Å². The molecule has 0 aliphatic rings. The van der Waals surface area contributed by atoms with Crippen LogP contribution in [0.3, 0.4) is 0 Å². The Balaban J connectivity index is 2.96. The maximum Gasteiger partial charge on any atom is 0.0378 e. The third-order valence-corrected chi connectivity index (χ3v) is 2.14. The summed E-state index contributed by atoms with van der Waals surface area (Å²) in [5.74, 6) is 0. The molecule has 1 aromatic rings. The molecular formula is C9H10BrN. The van der Waals surface area contributed by atoms with E-state index in [9.17, 15) is 0 Å². The number of aryl methyl sites for hydroxylation is 1. The number of rotatable bonds is 2. The summed E-state index contributed by atoms with van der Waals surface area (Å²) < 4.78 is 0. The predicted molar refractivity (Wildman–Crippen MR) is 51.8 cm³/mol. The van der Waals surface area contributed by atoms with Crippen molar-refractivity contribution in [3.8, 4) is 0 Å². The minimum absolute atomic E-state index is 0.816. The summed E-state index contributed by atoms with van der Waals surface area (Å²) in [6.45, 7) is 5.89. The average Bonchev–Trinajstić information content (AvgIpc) is 2.03. The third-order valence-electron chi connectivity index (χ3n) is 1.47. The molecule has 11 heavy (non-hydrogen) atoms. The van der Waals surface area contributed by atoms with Crippen LogP contribution in [0, 0.1) is 6.92 Å². The minimum Gasteiger partial charge on any atom is -0.262 e. The Bertz CT molecular complexity index is 268. The summed E-state index contributed by atoms with van der Waals surface area (Å²) in [6, 6.07) is 4.00. The number of hydrogen-bond donors (Lipinski definition) is 0. The van der Waals surface area contributed by atoms with Crippen molar-refractivity contribution in [3.63, 3.8) is 0 Å². The van der Waals surface area contributed by atoms with Gasteiger partial charge in [-0.25, -0.2) is 0 Å². The van der Waals surface area contributed by atoms with Gasteiger partial charge < -0.3 is 0 Å². The molecule has 1 rings (SSSR count). The smallest absolute Gasteiger partial charge is 0.0378 e. The van der Waals surface area contributed by atoms with Crippen molar-refractivity contribution >= 4 is 21.5 Å². The average molecular weight is 212 g/mol. The highest BCUT2D eigenvalue weighted by Crippen LogP contribution is 2.13. The molecule has 0 amide bonds. The summed E-state index contributed by atoms with van der Waals surface area (Å²) in [5.41, 5.74) is 3.29. The van der Waals surface area contributed by atoms with Crippen molar-refractivity contribution in [2.45, 2.75) is 6.92 Å². The molecule has 0 atom stereocenters. The number of hydrogen-bond acceptors (Lipinski definition) is 1. The van der Waals surface area contributed by atoms with E-state index in [1.54, 1.807) is 6.20 Å². The van der Waals surface area contributed by atoms with E-state index in [0.717, 1.165) is 22.2 Å². The van der Waals surface area contributed by atoms with Crippen molar-refractivity contribution in [3.05, 3.63) is 36.2 Å². The monoisotopic (exact) mass is 211 g/mol.